The lowest BCUT2D eigenvalue weighted by molar-refractivity contribution is 0.464. The summed E-state index contributed by atoms with van der Waals surface area (Å²) in [4.78, 5) is 8.84. The summed E-state index contributed by atoms with van der Waals surface area (Å²) in [5, 5.41) is 4.67. The van der Waals surface area contributed by atoms with Gasteiger partial charge in [-0.05, 0) is 33.8 Å². The van der Waals surface area contributed by atoms with Gasteiger partial charge in [-0.3, -0.25) is 0 Å². The summed E-state index contributed by atoms with van der Waals surface area (Å²) in [6, 6.07) is 24.9. The molecule has 0 N–H and O–H groups in total. The molecule has 0 saturated carbocycles. The fourth-order valence-corrected chi connectivity index (χ4v) is 9.34. The van der Waals surface area contributed by atoms with Crippen molar-refractivity contribution in [1.29, 1.82) is 0 Å². The topological polar surface area (TPSA) is 44.2 Å². The minimum absolute atomic E-state index is 0.641. The molecule has 4 aromatic rings. The molecule has 0 fully saturated rings. The van der Waals surface area contributed by atoms with Crippen molar-refractivity contribution in [3.05, 3.63) is 85.3 Å². The van der Waals surface area contributed by atoms with Gasteiger partial charge in [0.1, 0.15) is 23.6 Å². The fourth-order valence-electron chi connectivity index (χ4n) is 4.35. The van der Waals surface area contributed by atoms with E-state index in [0.717, 1.165) is 22.4 Å². The maximum absolute atomic E-state index is 6.29. The van der Waals surface area contributed by atoms with Crippen LogP contribution in [0.4, 0.5) is 0 Å². The van der Waals surface area contributed by atoms with Gasteiger partial charge < -0.3 is 9.47 Å². The van der Waals surface area contributed by atoms with Crippen LogP contribution in [0, 0.1) is 0 Å². The SMILES string of the molecule is c1ccc2c(c1)Oc1ccccc1[Si]21c2ccccc2Oc2ncncc21. The first-order valence-corrected chi connectivity index (χ1v) is 10.8. The first kappa shape index (κ1) is 14.7. The number of ether oxygens (including phenoxy) is 2. The molecule has 0 aliphatic carbocycles. The molecule has 4 nitrogen and oxygen atoms in total. The third kappa shape index (κ3) is 1.81. The van der Waals surface area contributed by atoms with E-state index in [-0.39, 0.29) is 0 Å². The van der Waals surface area contributed by atoms with Crippen molar-refractivity contribution >= 4 is 28.8 Å². The van der Waals surface area contributed by atoms with Crippen LogP contribution in [0.15, 0.2) is 85.3 Å². The van der Waals surface area contributed by atoms with Crippen LogP contribution >= 0.6 is 0 Å². The van der Waals surface area contributed by atoms with Gasteiger partial charge in [0.05, 0.1) is 0 Å². The van der Waals surface area contributed by atoms with Crippen molar-refractivity contribution < 1.29 is 9.47 Å². The molecule has 0 amide bonds. The number of fused-ring (bicyclic) bond motifs is 8. The summed E-state index contributed by atoms with van der Waals surface area (Å²) in [6.07, 6.45) is 3.47. The predicted octanol–water partition coefficient (Wildman–Crippen LogP) is 2.07. The van der Waals surface area contributed by atoms with E-state index in [9.17, 15) is 0 Å². The van der Waals surface area contributed by atoms with Crippen LogP contribution in [0.2, 0.25) is 0 Å². The Morgan fingerprint density at radius 3 is 1.70 bits per heavy atom. The molecule has 0 bridgehead atoms. The highest BCUT2D eigenvalue weighted by atomic mass is 28.3. The van der Waals surface area contributed by atoms with E-state index in [0.29, 0.717) is 5.88 Å². The monoisotopic (exact) mass is 366 g/mol. The lowest BCUT2D eigenvalue weighted by Crippen LogP contribution is -2.77. The normalized spacial score (nSPS) is 14.8. The quantitative estimate of drug-likeness (QED) is 0.386. The van der Waals surface area contributed by atoms with Gasteiger partial charge in [-0.15, -0.1) is 0 Å². The molecule has 0 radical (unpaired) electrons. The molecular formula is C22H14N2O2Si. The summed E-state index contributed by atoms with van der Waals surface area (Å²) in [5.74, 6) is 3.30. The van der Waals surface area contributed by atoms with Gasteiger partial charge in [0.15, 0.2) is 0 Å². The summed E-state index contributed by atoms with van der Waals surface area (Å²) in [7, 11) is -2.63. The largest absolute Gasteiger partial charge is 0.458 e. The van der Waals surface area contributed by atoms with Crippen molar-refractivity contribution in [1.82, 2.24) is 9.97 Å². The third-order valence-corrected chi connectivity index (χ3v) is 10.2. The van der Waals surface area contributed by atoms with Gasteiger partial charge in [0.25, 0.3) is 0 Å². The zero-order valence-corrected chi connectivity index (χ0v) is 15.3. The molecule has 1 aromatic heterocycles. The molecule has 5 heteroatoms. The Bertz CT molecular complexity index is 1020. The minimum atomic E-state index is -2.63. The van der Waals surface area contributed by atoms with E-state index in [1.807, 2.05) is 42.6 Å². The molecule has 0 unspecified atom stereocenters. The van der Waals surface area contributed by atoms with Crippen molar-refractivity contribution in [2.75, 3.05) is 0 Å². The molecule has 6 rings (SSSR count). The van der Waals surface area contributed by atoms with Crippen LogP contribution < -0.4 is 30.2 Å². The standard InChI is InChI=1S/C22H14N2O2Si/c1-4-10-18-15(7-1)25-16-8-2-5-11-19(16)27(18)20-12-6-3-9-17(20)26-22-21(27)13-23-14-24-22/h1-14H. The summed E-state index contributed by atoms with van der Waals surface area (Å²) >= 11 is 0. The summed E-state index contributed by atoms with van der Waals surface area (Å²) in [6.45, 7) is 0. The van der Waals surface area contributed by atoms with E-state index in [1.54, 1.807) is 6.33 Å². The zero-order valence-electron chi connectivity index (χ0n) is 14.3. The Morgan fingerprint density at radius 2 is 1.11 bits per heavy atom. The number of nitrogens with zero attached hydrogens (tertiary/aromatic N) is 2. The Balaban J connectivity index is 1.85. The third-order valence-electron chi connectivity index (χ3n) is 5.38. The maximum atomic E-state index is 6.29. The van der Waals surface area contributed by atoms with Gasteiger partial charge in [0.2, 0.25) is 14.0 Å². The van der Waals surface area contributed by atoms with Crippen LogP contribution in [0.25, 0.3) is 0 Å². The molecule has 3 aromatic carbocycles. The highest BCUT2D eigenvalue weighted by Crippen LogP contribution is 2.34. The second-order valence-electron chi connectivity index (χ2n) is 6.68. The molecule has 0 atom stereocenters. The Labute approximate surface area is 157 Å². The number of hydrogen-bond donors (Lipinski definition) is 0. The second kappa shape index (κ2) is 5.28. The Morgan fingerprint density at radius 1 is 0.593 bits per heavy atom. The number of rotatable bonds is 0. The van der Waals surface area contributed by atoms with Crippen molar-refractivity contribution in [3.8, 4) is 23.1 Å². The van der Waals surface area contributed by atoms with Gasteiger partial charge in [-0.1, -0.05) is 54.6 Å². The maximum Gasteiger partial charge on any atom is 0.222 e. The summed E-state index contributed by atoms with van der Waals surface area (Å²) < 4.78 is 12.5. The first-order chi connectivity index (χ1) is 13.4. The summed E-state index contributed by atoms with van der Waals surface area (Å²) in [5.41, 5.74) is 0. The van der Waals surface area contributed by atoms with Crippen LogP contribution in [-0.4, -0.2) is 18.0 Å². The number of para-hydroxylation sites is 3. The predicted molar refractivity (Wildman–Crippen MR) is 106 cm³/mol. The van der Waals surface area contributed by atoms with Gasteiger partial charge in [-0.2, -0.15) is 0 Å². The molecule has 1 spiro atoms. The zero-order chi connectivity index (χ0) is 17.8. The Hall–Kier alpha value is -3.44. The smallest absolute Gasteiger partial charge is 0.222 e. The number of aromatic nitrogens is 2. The highest BCUT2D eigenvalue weighted by molar-refractivity contribution is 7.21. The van der Waals surface area contributed by atoms with Gasteiger partial charge >= 0.3 is 0 Å². The molecule has 27 heavy (non-hydrogen) atoms. The average Bonchev–Trinajstić information content (AvgIpc) is 2.73. The van der Waals surface area contributed by atoms with Crippen molar-refractivity contribution in [2.45, 2.75) is 0 Å². The van der Waals surface area contributed by atoms with E-state index in [4.69, 9.17) is 9.47 Å². The molecule has 0 saturated heterocycles. The molecule has 2 aliphatic rings. The second-order valence-corrected chi connectivity index (χ2v) is 10.3. The highest BCUT2D eigenvalue weighted by Gasteiger charge is 2.53. The first-order valence-electron chi connectivity index (χ1n) is 8.84. The van der Waals surface area contributed by atoms with E-state index in [1.165, 1.54) is 15.6 Å². The van der Waals surface area contributed by atoms with Crippen molar-refractivity contribution in [2.24, 2.45) is 0 Å². The minimum Gasteiger partial charge on any atom is -0.458 e. The molecule has 3 heterocycles. The lowest BCUT2D eigenvalue weighted by Gasteiger charge is -2.42. The van der Waals surface area contributed by atoms with Gasteiger partial charge in [-0.25, -0.2) is 9.97 Å². The number of hydrogen-bond acceptors (Lipinski definition) is 4. The molecule has 128 valence electrons. The molecule has 2 aliphatic heterocycles. The van der Waals surface area contributed by atoms with E-state index < -0.39 is 8.07 Å². The van der Waals surface area contributed by atoms with Gasteiger partial charge in [0, 0.05) is 11.4 Å². The number of benzene rings is 3. The van der Waals surface area contributed by atoms with E-state index >= 15 is 0 Å². The fraction of sp³-hybridized carbons (Fsp3) is 0. The molecular weight excluding hydrogens is 352 g/mol. The lowest BCUT2D eigenvalue weighted by atomic mass is 10.3. The average molecular weight is 366 g/mol. The Kier molecular flexibility index (Phi) is 2.87. The van der Waals surface area contributed by atoms with Crippen LogP contribution in [0.1, 0.15) is 0 Å². The van der Waals surface area contributed by atoms with Crippen LogP contribution in [-0.2, 0) is 0 Å². The van der Waals surface area contributed by atoms with Crippen LogP contribution in [0.3, 0.4) is 0 Å². The van der Waals surface area contributed by atoms with Crippen molar-refractivity contribution in [3.63, 3.8) is 0 Å². The van der Waals surface area contributed by atoms with E-state index in [2.05, 4.69) is 46.4 Å². The van der Waals surface area contributed by atoms with Crippen LogP contribution in [0.5, 0.6) is 23.1 Å².